The molecule has 10 heteroatoms. The van der Waals surface area contributed by atoms with Crippen molar-refractivity contribution in [3.8, 4) is 11.1 Å². The van der Waals surface area contributed by atoms with Crippen molar-refractivity contribution in [1.29, 1.82) is 0 Å². The smallest absolute Gasteiger partial charge is 0.211 e. The molecule has 5 rings (SSSR count). The molecule has 1 N–H and O–H groups in total. The van der Waals surface area contributed by atoms with Crippen LogP contribution in [0, 0.1) is 0 Å². The third kappa shape index (κ3) is 6.25. The first-order valence-electron chi connectivity index (χ1n) is 11.2. The number of anilines is 1. The van der Waals surface area contributed by atoms with Crippen molar-refractivity contribution in [2.24, 2.45) is 0 Å². The molecule has 7 nitrogen and oxygen atoms in total. The summed E-state index contributed by atoms with van der Waals surface area (Å²) in [7, 11) is -3.45. The van der Waals surface area contributed by atoms with E-state index in [1.165, 1.54) is 6.26 Å². The van der Waals surface area contributed by atoms with Crippen molar-refractivity contribution in [3.63, 3.8) is 0 Å². The van der Waals surface area contributed by atoms with E-state index in [1.54, 1.807) is 23.0 Å². The minimum Gasteiger partial charge on any atom is -0.364 e. The molecule has 3 heterocycles. The predicted molar refractivity (Wildman–Crippen MR) is 148 cm³/mol. The van der Waals surface area contributed by atoms with Gasteiger partial charge < -0.3 is 9.88 Å². The zero-order valence-electron chi connectivity index (χ0n) is 19.8. The van der Waals surface area contributed by atoms with Crippen molar-refractivity contribution < 1.29 is 8.42 Å². The molecule has 0 fully saturated rings. The highest BCUT2D eigenvalue weighted by Crippen LogP contribution is 2.34. The Morgan fingerprint density at radius 2 is 1.72 bits per heavy atom. The van der Waals surface area contributed by atoms with Gasteiger partial charge in [-0.05, 0) is 52.9 Å². The van der Waals surface area contributed by atoms with Gasteiger partial charge in [0, 0.05) is 43.4 Å². The molecule has 0 saturated carbocycles. The maximum atomic E-state index is 13.0. The maximum absolute atomic E-state index is 13.0. The predicted octanol–water partition coefficient (Wildman–Crippen LogP) is 4.71. The van der Waals surface area contributed by atoms with Crippen molar-refractivity contribution in [3.05, 3.63) is 102 Å². The molecule has 0 saturated heterocycles. The van der Waals surface area contributed by atoms with Gasteiger partial charge in [-0.15, -0.1) is 24.8 Å². The number of H-pyrrole nitrogens is 1. The van der Waals surface area contributed by atoms with Gasteiger partial charge in [0.05, 0.1) is 24.8 Å². The lowest BCUT2D eigenvalue weighted by Crippen LogP contribution is -2.45. The molecule has 1 atom stereocenters. The summed E-state index contributed by atoms with van der Waals surface area (Å²) in [5.41, 5.74) is 6.25. The summed E-state index contributed by atoms with van der Waals surface area (Å²) in [4.78, 5) is 13.7. The number of nitrogens with one attached hydrogen (secondary N) is 1. The minimum atomic E-state index is -3.45. The zero-order chi connectivity index (χ0) is 23.5. The maximum Gasteiger partial charge on any atom is 0.211 e. The van der Waals surface area contributed by atoms with E-state index in [4.69, 9.17) is 0 Å². The first-order valence-corrected chi connectivity index (χ1v) is 13.1. The summed E-state index contributed by atoms with van der Waals surface area (Å²) >= 11 is 0. The van der Waals surface area contributed by atoms with Crippen molar-refractivity contribution in [2.45, 2.75) is 25.6 Å². The topological polar surface area (TPSA) is 82.2 Å². The van der Waals surface area contributed by atoms with E-state index in [9.17, 15) is 8.42 Å². The van der Waals surface area contributed by atoms with Gasteiger partial charge in [-0.1, -0.05) is 36.4 Å². The van der Waals surface area contributed by atoms with Gasteiger partial charge >= 0.3 is 0 Å². The monoisotopic (exact) mass is 545 g/mol. The number of rotatable bonds is 6. The normalized spacial score (nSPS) is 15.8. The second kappa shape index (κ2) is 11.9. The lowest BCUT2D eigenvalue weighted by atomic mass is 10.0. The van der Waals surface area contributed by atoms with Crippen molar-refractivity contribution >= 4 is 40.5 Å². The first kappa shape index (κ1) is 27.7. The van der Waals surface area contributed by atoms with Crippen LogP contribution in [0.5, 0.6) is 0 Å². The van der Waals surface area contributed by atoms with Crippen LogP contribution in [-0.2, 0) is 29.5 Å². The summed E-state index contributed by atoms with van der Waals surface area (Å²) in [6, 6.07) is 20.2. The molecule has 1 aliphatic rings. The van der Waals surface area contributed by atoms with Crippen LogP contribution >= 0.6 is 24.8 Å². The average molecular weight is 547 g/mol. The lowest BCUT2D eigenvalue weighted by molar-refractivity contribution is 0.320. The molecule has 0 amide bonds. The number of halogens is 2. The van der Waals surface area contributed by atoms with Crippen LogP contribution in [0.2, 0.25) is 0 Å². The molecule has 2 aromatic heterocycles. The number of hydrogen-bond acceptors (Lipinski definition) is 5. The Morgan fingerprint density at radius 3 is 2.39 bits per heavy atom. The summed E-state index contributed by atoms with van der Waals surface area (Å²) in [6.45, 7) is 1.50. The summed E-state index contributed by atoms with van der Waals surface area (Å²) in [5, 5.41) is 0. The van der Waals surface area contributed by atoms with E-state index in [0.717, 1.165) is 33.6 Å². The third-order valence-electron chi connectivity index (χ3n) is 6.25. The number of nitrogens with zero attached hydrogens (tertiary/aromatic N) is 4. The van der Waals surface area contributed by atoms with Gasteiger partial charge in [0.15, 0.2) is 0 Å². The first-order chi connectivity index (χ1) is 16.5. The number of aromatic nitrogens is 3. The molecule has 0 aliphatic carbocycles. The van der Waals surface area contributed by atoms with E-state index in [2.05, 4.69) is 50.2 Å². The largest absolute Gasteiger partial charge is 0.364 e. The number of hydrogen-bond donors (Lipinski definition) is 1. The molecule has 0 bridgehead atoms. The number of pyridine rings is 1. The molecule has 190 valence electrons. The van der Waals surface area contributed by atoms with Crippen LogP contribution in [-0.4, -0.2) is 46.5 Å². The van der Waals surface area contributed by atoms with E-state index < -0.39 is 10.0 Å². The number of fused-ring (bicyclic) bond motifs is 1. The van der Waals surface area contributed by atoms with Gasteiger partial charge in [-0.25, -0.2) is 13.4 Å². The van der Waals surface area contributed by atoms with E-state index in [1.807, 2.05) is 36.5 Å². The van der Waals surface area contributed by atoms with E-state index in [0.29, 0.717) is 26.1 Å². The second-order valence-corrected chi connectivity index (χ2v) is 10.6. The van der Waals surface area contributed by atoms with Gasteiger partial charge in [-0.3, -0.25) is 4.98 Å². The molecular weight excluding hydrogens is 517 g/mol. The Balaban J connectivity index is 0.00000180. The summed E-state index contributed by atoms with van der Waals surface area (Å²) in [5.74, 6) is 0. The highest BCUT2D eigenvalue weighted by molar-refractivity contribution is 7.88. The second-order valence-electron chi connectivity index (χ2n) is 8.69. The molecule has 4 aromatic rings. The molecule has 1 aliphatic heterocycles. The molecule has 0 spiro atoms. The quantitative estimate of drug-likeness (QED) is 0.379. The molecule has 36 heavy (non-hydrogen) atoms. The zero-order valence-corrected chi connectivity index (χ0v) is 22.3. The fraction of sp³-hybridized carbons (Fsp3) is 0.231. The van der Waals surface area contributed by atoms with E-state index in [-0.39, 0.29) is 30.9 Å². The Bertz CT molecular complexity index is 1350. The SMILES string of the molecule is CS(=O)(=O)N1Cc2cc(-c3ccccc3)ccc2N(Cc2cnc[nH]2)C[C@H]1Cc1ccncc1.Cl.Cl. The lowest BCUT2D eigenvalue weighted by Gasteiger charge is -2.31. The van der Waals surface area contributed by atoms with Crippen LogP contribution in [0.3, 0.4) is 0 Å². The number of sulfonamides is 1. The third-order valence-corrected chi connectivity index (χ3v) is 7.53. The standard InChI is InChI=1S/C26H27N5O2S.2ClH/c1-34(32,33)31-16-23-14-22(21-5-3-2-4-6-21)7-8-26(23)30(17-24-15-28-19-29-24)18-25(31)13-20-9-11-27-12-10-20;;/h2-12,14-15,19,25H,13,16-18H2,1H3,(H,28,29);2*1H/t25-;;/m1../s1. The highest BCUT2D eigenvalue weighted by atomic mass is 35.5. The fourth-order valence-electron chi connectivity index (χ4n) is 4.64. The molecule has 2 aromatic carbocycles. The Hall–Kier alpha value is -2.91. The average Bonchev–Trinajstić information content (AvgIpc) is 3.30. The summed E-state index contributed by atoms with van der Waals surface area (Å²) < 4.78 is 27.7. The van der Waals surface area contributed by atoms with Crippen molar-refractivity contribution in [2.75, 3.05) is 17.7 Å². The van der Waals surface area contributed by atoms with Gasteiger partial charge in [-0.2, -0.15) is 4.31 Å². The van der Waals surface area contributed by atoms with Crippen molar-refractivity contribution in [1.82, 2.24) is 19.3 Å². The fourth-order valence-corrected chi connectivity index (χ4v) is 5.70. The number of imidazole rings is 1. The minimum absolute atomic E-state index is 0. The molecular formula is C26H29Cl2N5O2S. The van der Waals surface area contributed by atoms with Gasteiger partial charge in [0.1, 0.15) is 0 Å². The summed E-state index contributed by atoms with van der Waals surface area (Å²) in [6.07, 6.45) is 8.89. The van der Waals surface area contributed by atoms with Crippen LogP contribution in [0.25, 0.3) is 11.1 Å². The highest BCUT2D eigenvalue weighted by Gasteiger charge is 2.33. The Labute approximate surface area is 224 Å². The van der Waals surface area contributed by atoms with Crippen LogP contribution in [0.1, 0.15) is 16.8 Å². The Kier molecular flexibility index (Phi) is 9.13. The molecule has 0 radical (unpaired) electrons. The number of aromatic amines is 1. The Morgan fingerprint density at radius 1 is 0.972 bits per heavy atom. The van der Waals surface area contributed by atoms with Gasteiger partial charge in [0.2, 0.25) is 10.0 Å². The van der Waals surface area contributed by atoms with E-state index >= 15 is 0 Å². The molecule has 0 unspecified atom stereocenters. The van der Waals surface area contributed by atoms with Crippen LogP contribution in [0.15, 0.2) is 85.6 Å². The van der Waals surface area contributed by atoms with Gasteiger partial charge in [0.25, 0.3) is 0 Å². The van der Waals surface area contributed by atoms with Crippen LogP contribution in [0.4, 0.5) is 5.69 Å². The van der Waals surface area contributed by atoms with Crippen LogP contribution < -0.4 is 4.90 Å². The number of benzene rings is 2.